The number of methoxy groups -OCH3 is 2. The fraction of sp³-hybridized carbons (Fsp3) is 0.188. The topological polar surface area (TPSA) is 56.8 Å². The Bertz CT molecular complexity index is 708. The number of carbonyl (C=O) groups excluding carboxylic acids is 1. The number of halogens is 2. The molecule has 0 atom stereocenters. The van der Waals surface area contributed by atoms with Gasteiger partial charge in [0.25, 0.3) is 5.91 Å². The molecule has 0 bridgehead atoms. The van der Waals surface area contributed by atoms with Gasteiger partial charge in [0.1, 0.15) is 11.5 Å². The first-order valence-electron chi connectivity index (χ1n) is 6.63. The zero-order valence-corrected chi connectivity index (χ0v) is 14.1. The summed E-state index contributed by atoms with van der Waals surface area (Å²) >= 11 is 3.15. The Morgan fingerprint density at radius 2 is 1.91 bits per heavy atom. The first-order valence-corrected chi connectivity index (χ1v) is 7.42. The van der Waals surface area contributed by atoms with Crippen LogP contribution in [0.5, 0.6) is 17.2 Å². The SMILES string of the molecule is COc1ccc(NC(=O)COc2ccc(Br)cc2F)c(OC)c1. The summed E-state index contributed by atoms with van der Waals surface area (Å²) in [5.41, 5.74) is 0.471. The highest BCUT2D eigenvalue weighted by Crippen LogP contribution is 2.29. The first kappa shape index (κ1) is 17.1. The van der Waals surface area contributed by atoms with Gasteiger partial charge in [0, 0.05) is 10.5 Å². The van der Waals surface area contributed by atoms with Crippen molar-refractivity contribution in [2.75, 3.05) is 26.1 Å². The molecule has 2 rings (SSSR count). The molecule has 2 aromatic carbocycles. The van der Waals surface area contributed by atoms with Crippen LogP contribution in [-0.2, 0) is 4.79 Å². The number of nitrogens with one attached hydrogen (secondary N) is 1. The molecule has 0 heterocycles. The van der Waals surface area contributed by atoms with Gasteiger partial charge in [-0.3, -0.25) is 4.79 Å². The van der Waals surface area contributed by atoms with Gasteiger partial charge in [0.05, 0.1) is 19.9 Å². The summed E-state index contributed by atoms with van der Waals surface area (Å²) in [4.78, 5) is 11.9. The lowest BCUT2D eigenvalue weighted by Gasteiger charge is -2.12. The molecule has 0 aliphatic carbocycles. The molecule has 122 valence electrons. The molecular weight excluding hydrogens is 369 g/mol. The number of hydrogen-bond donors (Lipinski definition) is 1. The molecule has 0 radical (unpaired) electrons. The summed E-state index contributed by atoms with van der Waals surface area (Å²) in [6, 6.07) is 9.32. The minimum atomic E-state index is -0.547. The smallest absolute Gasteiger partial charge is 0.262 e. The standard InChI is InChI=1S/C16H15BrFNO4/c1-21-11-4-5-13(15(8-11)22-2)19-16(20)9-23-14-6-3-10(17)7-12(14)18/h3-8H,9H2,1-2H3,(H,19,20). The molecular formula is C16H15BrFNO4. The quantitative estimate of drug-likeness (QED) is 0.827. The predicted molar refractivity (Wildman–Crippen MR) is 87.8 cm³/mol. The maximum Gasteiger partial charge on any atom is 0.262 e. The highest BCUT2D eigenvalue weighted by Gasteiger charge is 2.11. The zero-order valence-electron chi connectivity index (χ0n) is 12.6. The number of anilines is 1. The molecule has 0 aliphatic rings. The first-order chi connectivity index (χ1) is 11.0. The molecule has 1 N–H and O–H groups in total. The Morgan fingerprint density at radius 1 is 1.13 bits per heavy atom. The molecule has 0 aromatic heterocycles. The maximum atomic E-state index is 13.6. The fourth-order valence-electron chi connectivity index (χ4n) is 1.82. The van der Waals surface area contributed by atoms with E-state index in [2.05, 4.69) is 21.2 Å². The Morgan fingerprint density at radius 3 is 2.57 bits per heavy atom. The van der Waals surface area contributed by atoms with Crippen molar-refractivity contribution in [3.8, 4) is 17.2 Å². The summed E-state index contributed by atoms with van der Waals surface area (Å²) in [7, 11) is 3.02. The predicted octanol–water partition coefficient (Wildman–Crippen LogP) is 3.62. The van der Waals surface area contributed by atoms with Crippen molar-refractivity contribution in [1.82, 2.24) is 0 Å². The molecule has 2 aromatic rings. The van der Waals surface area contributed by atoms with Gasteiger partial charge in [-0.1, -0.05) is 15.9 Å². The Hall–Kier alpha value is -2.28. The second-order valence-corrected chi connectivity index (χ2v) is 5.39. The molecule has 0 spiro atoms. The third-order valence-electron chi connectivity index (χ3n) is 2.94. The number of amides is 1. The van der Waals surface area contributed by atoms with Crippen LogP contribution in [0.3, 0.4) is 0 Å². The molecule has 0 saturated heterocycles. The normalized spacial score (nSPS) is 10.1. The second-order valence-electron chi connectivity index (χ2n) is 4.48. The Balaban J connectivity index is 1.99. The molecule has 0 fully saturated rings. The lowest BCUT2D eigenvalue weighted by Crippen LogP contribution is -2.20. The van der Waals surface area contributed by atoms with E-state index in [4.69, 9.17) is 14.2 Å². The molecule has 23 heavy (non-hydrogen) atoms. The van der Waals surface area contributed by atoms with Crippen LogP contribution in [0, 0.1) is 5.82 Å². The number of rotatable bonds is 6. The number of benzene rings is 2. The van der Waals surface area contributed by atoms with E-state index in [0.29, 0.717) is 21.7 Å². The van der Waals surface area contributed by atoms with Crippen LogP contribution < -0.4 is 19.5 Å². The number of hydrogen-bond acceptors (Lipinski definition) is 4. The highest BCUT2D eigenvalue weighted by molar-refractivity contribution is 9.10. The van der Waals surface area contributed by atoms with Crippen molar-refractivity contribution in [2.24, 2.45) is 0 Å². The summed E-state index contributed by atoms with van der Waals surface area (Å²) in [6.07, 6.45) is 0. The van der Waals surface area contributed by atoms with Crippen molar-refractivity contribution in [1.29, 1.82) is 0 Å². The van der Waals surface area contributed by atoms with Gasteiger partial charge in [-0.25, -0.2) is 4.39 Å². The van der Waals surface area contributed by atoms with E-state index >= 15 is 0 Å². The van der Waals surface area contributed by atoms with Crippen LogP contribution in [0.15, 0.2) is 40.9 Å². The summed E-state index contributed by atoms with van der Waals surface area (Å²) in [5.74, 6) is 0.0792. The molecule has 0 aliphatic heterocycles. The van der Waals surface area contributed by atoms with Gasteiger partial charge in [0.15, 0.2) is 18.2 Å². The fourth-order valence-corrected chi connectivity index (χ4v) is 2.16. The monoisotopic (exact) mass is 383 g/mol. The third-order valence-corrected chi connectivity index (χ3v) is 3.43. The summed E-state index contributed by atoms with van der Waals surface area (Å²) in [5, 5.41) is 2.64. The van der Waals surface area contributed by atoms with Gasteiger partial charge >= 0.3 is 0 Å². The van der Waals surface area contributed by atoms with Crippen LogP contribution in [0.1, 0.15) is 0 Å². The van der Waals surface area contributed by atoms with Gasteiger partial charge in [0.2, 0.25) is 0 Å². The van der Waals surface area contributed by atoms with Crippen LogP contribution in [0.25, 0.3) is 0 Å². The zero-order chi connectivity index (χ0) is 16.8. The summed E-state index contributed by atoms with van der Waals surface area (Å²) in [6.45, 7) is -0.326. The number of carbonyl (C=O) groups is 1. The Labute approximate surface area is 141 Å². The van der Waals surface area contributed by atoms with E-state index in [1.54, 1.807) is 24.3 Å². The maximum absolute atomic E-state index is 13.6. The van der Waals surface area contributed by atoms with E-state index in [9.17, 15) is 9.18 Å². The van der Waals surface area contributed by atoms with Crippen LogP contribution in [0.4, 0.5) is 10.1 Å². The lowest BCUT2D eigenvalue weighted by molar-refractivity contribution is -0.118. The van der Waals surface area contributed by atoms with E-state index in [1.807, 2.05) is 0 Å². The van der Waals surface area contributed by atoms with Crippen LogP contribution in [-0.4, -0.2) is 26.7 Å². The van der Waals surface area contributed by atoms with E-state index in [1.165, 1.54) is 26.4 Å². The molecule has 5 nitrogen and oxygen atoms in total. The van der Waals surface area contributed by atoms with E-state index < -0.39 is 11.7 Å². The lowest BCUT2D eigenvalue weighted by atomic mass is 10.2. The van der Waals surface area contributed by atoms with Crippen molar-refractivity contribution in [3.05, 3.63) is 46.7 Å². The van der Waals surface area contributed by atoms with Crippen molar-refractivity contribution in [3.63, 3.8) is 0 Å². The van der Waals surface area contributed by atoms with Gasteiger partial charge < -0.3 is 19.5 Å². The molecule has 7 heteroatoms. The van der Waals surface area contributed by atoms with E-state index in [0.717, 1.165) is 0 Å². The molecule has 0 unspecified atom stereocenters. The third kappa shape index (κ3) is 4.59. The van der Waals surface area contributed by atoms with E-state index in [-0.39, 0.29) is 12.4 Å². The van der Waals surface area contributed by atoms with Gasteiger partial charge in [-0.05, 0) is 30.3 Å². The Kier molecular flexibility index (Phi) is 5.81. The largest absolute Gasteiger partial charge is 0.497 e. The average molecular weight is 384 g/mol. The number of ether oxygens (including phenoxy) is 3. The van der Waals surface area contributed by atoms with Crippen molar-refractivity contribution < 1.29 is 23.4 Å². The second kappa shape index (κ2) is 7.82. The minimum absolute atomic E-state index is 0.00467. The van der Waals surface area contributed by atoms with Gasteiger partial charge in [-0.2, -0.15) is 0 Å². The average Bonchev–Trinajstić information content (AvgIpc) is 2.54. The van der Waals surface area contributed by atoms with Crippen molar-refractivity contribution >= 4 is 27.5 Å². The molecule has 0 saturated carbocycles. The highest BCUT2D eigenvalue weighted by atomic mass is 79.9. The van der Waals surface area contributed by atoms with Crippen molar-refractivity contribution in [2.45, 2.75) is 0 Å². The summed E-state index contributed by atoms with van der Waals surface area (Å²) < 4.78 is 29.6. The minimum Gasteiger partial charge on any atom is -0.497 e. The molecule has 1 amide bonds. The van der Waals surface area contributed by atoms with Crippen LogP contribution in [0.2, 0.25) is 0 Å². The van der Waals surface area contributed by atoms with Crippen LogP contribution >= 0.6 is 15.9 Å². The van der Waals surface area contributed by atoms with Gasteiger partial charge in [-0.15, -0.1) is 0 Å².